The number of hydrogen-bond acceptors (Lipinski definition) is 4. The Bertz CT molecular complexity index is 377. The standard InChI is InChI=1S/C15H25N3O/c1-3-16-11-14-10-15(4-7-17-14)18(2)12-13-5-8-19-9-6-13/h4,7,10,13,16H,3,5-6,8-9,11-12H2,1-2H3. The van der Waals surface area contributed by atoms with Gasteiger partial charge in [0.1, 0.15) is 0 Å². The molecule has 19 heavy (non-hydrogen) atoms. The van der Waals surface area contributed by atoms with Gasteiger partial charge in [-0.2, -0.15) is 0 Å². The highest BCUT2D eigenvalue weighted by molar-refractivity contribution is 5.45. The third-order valence-electron chi connectivity index (χ3n) is 3.67. The molecule has 0 bridgehead atoms. The van der Waals surface area contributed by atoms with E-state index in [1.165, 1.54) is 18.5 Å². The third kappa shape index (κ3) is 4.48. The number of anilines is 1. The first-order valence-corrected chi connectivity index (χ1v) is 7.24. The molecule has 1 aromatic rings. The highest BCUT2D eigenvalue weighted by Gasteiger charge is 2.16. The zero-order valence-electron chi connectivity index (χ0n) is 12.1. The van der Waals surface area contributed by atoms with Crippen LogP contribution in [0.5, 0.6) is 0 Å². The van der Waals surface area contributed by atoms with Crippen molar-refractivity contribution in [3.63, 3.8) is 0 Å². The summed E-state index contributed by atoms with van der Waals surface area (Å²) in [6, 6.07) is 4.27. The smallest absolute Gasteiger partial charge is 0.0562 e. The van der Waals surface area contributed by atoms with Crippen LogP contribution in [0.2, 0.25) is 0 Å². The average molecular weight is 263 g/mol. The van der Waals surface area contributed by atoms with E-state index in [1.54, 1.807) is 0 Å². The average Bonchev–Trinajstić information content (AvgIpc) is 2.46. The first-order valence-electron chi connectivity index (χ1n) is 7.24. The molecule has 1 aromatic heterocycles. The summed E-state index contributed by atoms with van der Waals surface area (Å²) in [7, 11) is 2.17. The van der Waals surface area contributed by atoms with E-state index < -0.39 is 0 Å². The Balaban J connectivity index is 1.91. The molecule has 2 rings (SSSR count). The van der Waals surface area contributed by atoms with Crippen LogP contribution < -0.4 is 10.2 Å². The molecule has 4 heteroatoms. The molecule has 0 aromatic carbocycles. The summed E-state index contributed by atoms with van der Waals surface area (Å²) in [5.74, 6) is 0.754. The zero-order valence-corrected chi connectivity index (χ0v) is 12.1. The molecular formula is C15H25N3O. The Labute approximate surface area is 116 Å². The van der Waals surface area contributed by atoms with Gasteiger partial charge in [-0.1, -0.05) is 6.92 Å². The highest BCUT2D eigenvalue weighted by Crippen LogP contribution is 2.20. The normalized spacial score (nSPS) is 16.5. The van der Waals surface area contributed by atoms with Gasteiger partial charge in [0.05, 0.1) is 5.69 Å². The fourth-order valence-corrected chi connectivity index (χ4v) is 2.47. The Morgan fingerprint density at radius 2 is 2.21 bits per heavy atom. The lowest BCUT2D eigenvalue weighted by atomic mass is 10.00. The van der Waals surface area contributed by atoms with E-state index in [4.69, 9.17) is 4.74 Å². The van der Waals surface area contributed by atoms with Crippen LogP contribution in [-0.2, 0) is 11.3 Å². The number of aromatic nitrogens is 1. The predicted molar refractivity (Wildman–Crippen MR) is 78.4 cm³/mol. The summed E-state index contributed by atoms with van der Waals surface area (Å²) in [5, 5.41) is 3.31. The van der Waals surface area contributed by atoms with Crippen molar-refractivity contribution >= 4 is 5.69 Å². The van der Waals surface area contributed by atoms with Crippen molar-refractivity contribution in [3.8, 4) is 0 Å². The van der Waals surface area contributed by atoms with Crippen molar-refractivity contribution in [1.29, 1.82) is 0 Å². The molecule has 2 heterocycles. The monoisotopic (exact) mass is 263 g/mol. The maximum absolute atomic E-state index is 5.41. The Kier molecular flexibility index (Phi) is 5.61. The van der Waals surface area contributed by atoms with Gasteiger partial charge in [-0.3, -0.25) is 4.98 Å². The lowest BCUT2D eigenvalue weighted by molar-refractivity contribution is 0.0685. The third-order valence-corrected chi connectivity index (χ3v) is 3.67. The number of nitrogens with zero attached hydrogens (tertiary/aromatic N) is 2. The number of pyridine rings is 1. The predicted octanol–water partition coefficient (Wildman–Crippen LogP) is 2.05. The molecule has 4 nitrogen and oxygen atoms in total. The summed E-state index contributed by atoms with van der Waals surface area (Å²) >= 11 is 0. The van der Waals surface area contributed by atoms with Crippen molar-refractivity contribution < 1.29 is 4.74 Å². The highest BCUT2D eigenvalue weighted by atomic mass is 16.5. The fraction of sp³-hybridized carbons (Fsp3) is 0.667. The largest absolute Gasteiger partial charge is 0.381 e. The summed E-state index contributed by atoms with van der Waals surface area (Å²) in [6.45, 7) is 6.87. The molecule has 1 N–H and O–H groups in total. The van der Waals surface area contributed by atoms with Gasteiger partial charge >= 0.3 is 0 Å². The van der Waals surface area contributed by atoms with Gasteiger partial charge in [-0.05, 0) is 37.4 Å². The SMILES string of the molecule is CCNCc1cc(N(C)CC2CCOCC2)ccn1. The summed E-state index contributed by atoms with van der Waals surface area (Å²) in [6.07, 6.45) is 4.27. The van der Waals surface area contributed by atoms with Gasteiger partial charge in [0.2, 0.25) is 0 Å². The number of hydrogen-bond donors (Lipinski definition) is 1. The van der Waals surface area contributed by atoms with Crippen LogP contribution in [0.4, 0.5) is 5.69 Å². The number of nitrogens with one attached hydrogen (secondary N) is 1. The van der Waals surface area contributed by atoms with Crippen LogP contribution >= 0.6 is 0 Å². The van der Waals surface area contributed by atoms with E-state index in [0.717, 1.165) is 44.5 Å². The van der Waals surface area contributed by atoms with Gasteiger partial charge in [0.15, 0.2) is 0 Å². The van der Waals surface area contributed by atoms with E-state index in [9.17, 15) is 0 Å². The second-order valence-corrected chi connectivity index (χ2v) is 5.22. The van der Waals surface area contributed by atoms with Crippen molar-refractivity contribution in [3.05, 3.63) is 24.0 Å². The first kappa shape index (κ1) is 14.3. The zero-order chi connectivity index (χ0) is 13.5. The molecule has 1 aliphatic rings. The number of ether oxygens (including phenoxy) is 1. The minimum atomic E-state index is 0.754. The molecule has 1 saturated heterocycles. The molecule has 0 atom stereocenters. The summed E-state index contributed by atoms with van der Waals surface area (Å²) in [5.41, 5.74) is 2.37. The minimum absolute atomic E-state index is 0.754. The molecule has 0 radical (unpaired) electrons. The molecule has 106 valence electrons. The summed E-state index contributed by atoms with van der Waals surface area (Å²) < 4.78 is 5.41. The van der Waals surface area contributed by atoms with Crippen LogP contribution in [0, 0.1) is 5.92 Å². The Morgan fingerprint density at radius 1 is 1.42 bits per heavy atom. The maximum atomic E-state index is 5.41. The molecule has 1 aliphatic heterocycles. The van der Waals surface area contributed by atoms with Crippen LogP contribution in [-0.4, -0.2) is 38.3 Å². The van der Waals surface area contributed by atoms with Crippen molar-refractivity contribution in [1.82, 2.24) is 10.3 Å². The van der Waals surface area contributed by atoms with Gasteiger partial charge in [-0.25, -0.2) is 0 Å². The summed E-state index contributed by atoms with van der Waals surface area (Å²) in [4.78, 5) is 6.74. The van der Waals surface area contributed by atoms with Gasteiger partial charge in [0, 0.05) is 45.2 Å². The molecule has 0 saturated carbocycles. The lowest BCUT2D eigenvalue weighted by Gasteiger charge is -2.28. The molecule has 0 amide bonds. The van der Waals surface area contributed by atoms with Crippen LogP contribution in [0.15, 0.2) is 18.3 Å². The first-order chi connectivity index (χ1) is 9.29. The molecule has 0 spiro atoms. The minimum Gasteiger partial charge on any atom is -0.381 e. The fourth-order valence-electron chi connectivity index (χ4n) is 2.47. The van der Waals surface area contributed by atoms with Gasteiger partial charge in [0.25, 0.3) is 0 Å². The molecule has 0 aliphatic carbocycles. The molecule has 1 fully saturated rings. The van der Waals surface area contributed by atoms with E-state index in [-0.39, 0.29) is 0 Å². The van der Waals surface area contributed by atoms with Crippen LogP contribution in [0.25, 0.3) is 0 Å². The van der Waals surface area contributed by atoms with Gasteiger partial charge < -0.3 is 15.0 Å². The van der Waals surface area contributed by atoms with E-state index in [2.05, 4.69) is 41.3 Å². The topological polar surface area (TPSA) is 37.4 Å². The van der Waals surface area contributed by atoms with E-state index in [1.807, 2.05) is 6.20 Å². The van der Waals surface area contributed by atoms with Crippen molar-refractivity contribution in [2.45, 2.75) is 26.3 Å². The van der Waals surface area contributed by atoms with Crippen LogP contribution in [0.1, 0.15) is 25.5 Å². The van der Waals surface area contributed by atoms with E-state index in [0.29, 0.717) is 0 Å². The quantitative estimate of drug-likeness (QED) is 0.852. The van der Waals surface area contributed by atoms with E-state index >= 15 is 0 Å². The van der Waals surface area contributed by atoms with Gasteiger partial charge in [-0.15, -0.1) is 0 Å². The second kappa shape index (κ2) is 7.46. The van der Waals surface area contributed by atoms with Crippen molar-refractivity contribution in [2.24, 2.45) is 5.92 Å². The Morgan fingerprint density at radius 3 is 2.95 bits per heavy atom. The van der Waals surface area contributed by atoms with Crippen LogP contribution in [0.3, 0.4) is 0 Å². The lowest BCUT2D eigenvalue weighted by Crippen LogP contribution is -2.29. The maximum Gasteiger partial charge on any atom is 0.0562 e. The molecular weight excluding hydrogens is 238 g/mol. The Hall–Kier alpha value is -1.13. The second-order valence-electron chi connectivity index (χ2n) is 5.22. The number of rotatable bonds is 6. The van der Waals surface area contributed by atoms with Crippen molar-refractivity contribution in [2.75, 3.05) is 38.3 Å². The molecule has 0 unspecified atom stereocenters.